The number of thiophene rings is 1. The predicted molar refractivity (Wildman–Crippen MR) is 72.9 cm³/mol. The Bertz CT molecular complexity index is 355. The normalized spacial score (nSPS) is 10.5. The van der Waals surface area contributed by atoms with E-state index in [1.807, 2.05) is 12.3 Å². The summed E-state index contributed by atoms with van der Waals surface area (Å²) in [6.45, 7) is 6.64. The van der Waals surface area contributed by atoms with E-state index >= 15 is 0 Å². The number of unbranched alkanes of at least 4 members (excludes halogenated alkanes) is 2. The highest BCUT2D eigenvalue weighted by Gasteiger charge is 2.17. The van der Waals surface area contributed by atoms with Crippen molar-refractivity contribution in [1.29, 1.82) is 0 Å². The fourth-order valence-electron chi connectivity index (χ4n) is 1.93. The predicted octanol–water partition coefficient (Wildman–Crippen LogP) is 4.22. The molecule has 0 atom stereocenters. The number of esters is 1. The monoisotopic (exact) mass is 254 g/mol. The molecule has 0 saturated heterocycles. The number of ether oxygens (including phenoxy) is 1. The van der Waals surface area contributed by atoms with Crippen LogP contribution in [-0.2, 0) is 17.6 Å². The highest BCUT2D eigenvalue weighted by atomic mass is 32.1. The van der Waals surface area contributed by atoms with E-state index in [1.54, 1.807) is 11.3 Å². The summed E-state index contributed by atoms with van der Waals surface area (Å²) in [4.78, 5) is 13.1. The lowest BCUT2D eigenvalue weighted by molar-refractivity contribution is 0.0525. The number of aryl methyl sites for hydroxylation is 1. The Kier molecular flexibility index (Phi) is 6.27. The molecular formula is C14H22O2S. The van der Waals surface area contributed by atoms with E-state index in [4.69, 9.17) is 4.74 Å². The van der Waals surface area contributed by atoms with E-state index in [2.05, 4.69) is 13.8 Å². The second kappa shape index (κ2) is 7.49. The molecule has 0 unspecified atom stereocenters. The van der Waals surface area contributed by atoms with Crippen molar-refractivity contribution in [1.82, 2.24) is 0 Å². The Hall–Kier alpha value is -0.830. The van der Waals surface area contributed by atoms with Gasteiger partial charge >= 0.3 is 5.97 Å². The largest absolute Gasteiger partial charge is 0.462 e. The Morgan fingerprint density at radius 3 is 2.65 bits per heavy atom. The van der Waals surface area contributed by atoms with Crippen LogP contribution in [0.3, 0.4) is 0 Å². The van der Waals surface area contributed by atoms with E-state index in [0.29, 0.717) is 6.61 Å². The summed E-state index contributed by atoms with van der Waals surface area (Å²) in [5.74, 6) is -0.157. The van der Waals surface area contributed by atoms with Crippen LogP contribution in [0.25, 0.3) is 0 Å². The van der Waals surface area contributed by atoms with Crippen LogP contribution < -0.4 is 0 Å². The van der Waals surface area contributed by atoms with Crippen molar-refractivity contribution in [3.63, 3.8) is 0 Å². The van der Waals surface area contributed by atoms with Gasteiger partial charge in [-0.1, -0.05) is 26.7 Å². The molecule has 0 aliphatic carbocycles. The molecule has 1 heterocycles. The van der Waals surface area contributed by atoms with Crippen molar-refractivity contribution >= 4 is 17.3 Å². The van der Waals surface area contributed by atoms with Gasteiger partial charge in [-0.15, -0.1) is 11.3 Å². The molecule has 0 N–H and O–H groups in total. The van der Waals surface area contributed by atoms with Gasteiger partial charge in [-0.3, -0.25) is 0 Å². The van der Waals surface area contributed by atoms with Crippen LogP contribution in [0.15, 0.2) is 5.38 Å². The Morgan fingerprint density at radius 2 is 2.06 bits per heavy atom. The molecule has 3 heteroatoms. The molecule has 2 nitrogen and oxygen atoms in total. The SMILES string of the molecule is CCCCCc1c(C(=O)OCC)csc1CC. The summed E-state index contributed by atoms with van der Waals surface area (Å²) in [6.07, 6.45) is 5.61. The van der Waals surface area contributed by atoms with Crippen molar-refractivity contribution in [2.75, 3.05) is 6.61 Å². The average Bonchev–Trinajstić information content (AvgIpc) is 2.73. The zero-order valence-electron chi connectivity index (χ0n) is 11.0. The summed E-state index contributed by atoms with van der Waals surface area (Å²) in [5.41, 5.74) is 2.02. The minimum absolute atomic E-state index is 0.157. The van der Waals surface area contributed by atoms with Gasteiger partial charge in [0.1, 0.15) is 0 Å². The van der Waals surface area contributed by atoms with E-state index in [9.17, 15) is 4.79 Å². The molecule has 1 aromatic heterocycles. The fraction of sp³-hybridized carbons (Fsp3) is 0.643. The average molecular weight is 254 g/mol. The standard InChI is InChI=1S/C14H22O2S/c1-4-7-8-9-11-12(14(15)16-6-3)10-17-13(11)5-2/h10H,4-9H2,1-3H3. The molecule has 0 aromatic carbocycles. The molecule has 0 aliphatic heterocycles. The summed E-state index contributed by atoms with van der Waals surface area (Å²) in [5, 5.41) is 1.96. The van der Waals surface area contributed by atoms with Crippen molar-refractivity contribution in [2.45, 2.75) is 52.9 Å². The molecule has 1 rings (SSSR count). The first kappa shape index (κ1) is 14.2. The third-order valence-electron chi connectivity index (χ3n) is 2.83. The maximum atomic E-state index is 11.8. The van der Waals surface area contributed by atoms with Crippen LogP contribution in [0.5, 0.6) is 0 Å². The van der Waals surface area contributed by atoms with E-state index in [1.165, 1.54) is 23.3 Å². The van der Waals surface area contributed by atoms with Gasteiger partial charge in [-0.25, -0.2) is 4.79 Å². The van der Waals surface area contributed by atoms with Crippen molar-refractivity contribution in [3.05, 3.63) is 21.4 Å². The van der Waals surface area contributed by atoms with Crippen molar-refractivity contribution < 1.29 is 9.53 Å². The minimum Gasteiger partial charge on any atom is -0.462 e. The van der Waals surface area contributed by atoms with Gasteiger partial charge in [0.05, 0.1) is 12.2 Å². The minimum atomic E-state index is -0.157. The van der Waals surface area contributed by atoms with E-state index < -0.39 is 0 Å². The number of carbonyl (C=O) groups excluding carboxylic acids is 1. The molecule has 0 radical (unpaired) electrons. The van der Waals surface area contributed by atoms with Gasteiger partial charge in [0.15, 0.2) is 0 Å². The molecule has 1 aromatic rings. The van der Waals surface area contributed by atoms with Crippen molar-refractivity contribution in [3.8, 4) is 0 Å². The number of carbonyl (C=O) groups is 1. The molecule has 0 spiro atoms. The highest BCUT2D eigenvalue weighted by Crippen LogP contribution is 2.26. The first-order valence-electron chi connectivity index (χ1n) is 6.50. The molecule has 0 saturated carbocycles. The second-order valence-electron chi connectivity index (χ2n) is 4.08. The topological polar surface area (TPSA) is 26.3 Å². The lowest BCUT2D eigenvalue weighted by atomic mass is 10.0. The molecule has 0 aliphatic rings. The van der Waals surface area contributed by atoms with E-state index in [0.717, 1.165) is 24.8 Å². The van der Waals surface area contributed by atoms with Crippen LogP contribution in [0.2, 0.25) is 0 Å². The second-order valence-corrected chi connectivity index (χ2v) is 5.05. The molecule has 96 valence electrons. The van der Waals surface area contributed by atoms with Gasteiger partial charge in [0.25, 0.3) is 0 Å². The van der Waals surface area contributed by atoms with Crippen LogP contribution in [0.4, 0.5) is 0 Å². The lowest BCUT2D eigenvalue weighted by Crippen LogP contribution is -2.07. The zero-order chi connectivity index (χ0) is 12.7. The maximum absolute atomic E-state index is 11.8. The van der Waals surface area contributed by atoms with Gasteiger partial charge in [0.2, 0.25) is 0 Å². The Morgan fingerprint density at radius 1 is 1.29 bits per heavy atom. The Balaban J connectivity index is 2.81. The third-order valence-corrected chi connectivity index (χ3v) is 4.00. The lowest BCUT2D eigenvalue weighted by Gasteiger charge is -2.06. The smallest absolute Gasteiger partial charge is 0.339 e. The summed E-state index contributed by atoms with van der Waals surface area (Å²) in [6, 6.07) is 0. The number of hydrogen-bond acceptors (Lipinski definition) is 3. The molecule has 17 heavy (non-hydrogen) atoms. The van der Waals surface area contributed by atoms with Gasteiger partial charge < -0.3 is 4.74 Å². The first-order valence-corrected chi connectivity index (χ1v) is 7.38. The summed E-state index contributed by atoms with van der Waals surface area (Å²) >= 11 is 1.69. The Labute approximate surface area is 108 Å². The number of rotatable bonds is 7. The fourth-order valence-corrected chi connectivity index (χ4v) is 2.94. The highest BCUT2D eigenvalue weighted by molar-refractivity contribution is 7.10. The van der Waals surface area contributed by atoms with Crippen molar-refractivity contribution in [2.24, 2.45) is 0 Å². The van der Waals surface area contributed by atoms with Crippen LogP contribution in [0, 0.1) is 0 Å². The van der Waals surface area contributed by atoms with Crippen LogP contribution in [0.1, 0.15) is 60.8 Å². The summed E-state index contributed by atoms with van der Waals surface area (Å²) in [7, 11) is 0. The van der Waals surface area contributed by atoms with Crippen LogP contribution in [-0.4, -0.2) is 12.6 Å². The molecule has 0 amide bonds. The van der Waals surface area contributed by atoms with Gasteiger partial charge in [-0.05, 0) is 31.7 Å². The molecular weight excluding hydrogens is 232 g/mol. The maximum Gasteiger partial charge on any atom is 0.339 e. The van der Waals surface area contributed by atoms with Gasteiger partial charge in [0, 0.05) is 10.3 Å². The van der Waals surface area contributed by atoms with Crippen LogP contribution >= 0.6 is 11.3 Å². The molecule has 0 fully saturated rings. The third kappa shape index (κ3) is 3.84. The van der Waals surface area contributed by atoms with E-state index in [-0.39, 0.29) is 5.97 Å². The quantitative estimate of drug-likeness (QED) is 0.538. The van der Waals surface area contributed by atoms with Gasteiger partial charge in [-0.2, -0.15) is 0 Å². The molecule has 0 bridgehead atoms. The first-order chi connectivity index (χ1) is 8.24. The summed E-state index contributed by atoms with van der Waals surface area (Å²) < 4.78 is 5.10. The number of hydrogen-bond donors (Lipinski definition) is 0. The zero-order valence-corrected chi connectivity index (χ0v) is 11.9.